The van der Waals surface area contributed by atoms with Gasteiger partial charge in [-0.05, 0) is 32.0 Å². The van der Waals surface area contributed by atoms with E-state index in [1.54, 1.807) is 6.07 Å². The highest BCUT2D eigenvalue weighted by Gasteiger charge is 2.16. The molecule has 5 nitrogen and oxygen atoms in total. The van der Waals surface area contributed by atoms with Crippen LogP contribution in [-0.4, -0.2) is 27.9 Å². The second-order valence-electron chi connectivity index (χ2n) is 4.71. The van der Waals surface area contributed by atoms with Crippen molar-refractivity contribution in [2.45, 2.75) is 13.8 Å². The summed E-state index contributed by atoms with van der Waals surface area (Å²) >= 11 is 5.64. The lowest BCUT2D eigenvalue weighted by atomic mass is 10.1. The fourth-order valence-electron chi connectivity index (χ4n) is 1.93. The topological polar surface area (TPSA) is 61.2 Å². The summed E-state index contributed by atoms with van der Waals surface area (Å²) in [6.07, 6.45) is 1.31. The van der Waals surface area contributed by atoms with Gasteiger partial charge in [0.25, 0.3) is 0 Å². The summed E-state index contributed by atoms with van der Waals surface area (Å²) in [4.78, 5) is 27.7. The molecule has 2 aromatic heterocycles. The molecule has 0 aliphatic rings. The van der Waals surface area contributed by atoms with Crippen molar-refractivity contribution < 1.29 is 14.3 Å². The number of hydrogen-bond acceptors (Lipinski definition) is 4. The highest BCUT2D eigenvalue weighted by molar-refractivity contribution is 6.29. The van der Waals surface area contributed by atoms with Gasteiger partial charge in [-0.2, -0.15) is 0 Å². The number of carbonyl (C=O) groups excluding carboxylic acids is 2. The number of rotatable bonds is 4. The Hall–Kier alpha value is -2.14. The first kappa shape index (κ1) is 15.3. The van der Waals surface area contributed by atoms with Gasteiger partial charge < -0.3 is 9.30 Å². The van der Waals surface area contributed by atoms with Gasteiger partial charge in [-0.1, -0.05) is 11.6 Å². The molecule has 0 saturated carbocycles. The van der Waals surface area contributed by atoms with Crippen molar-refractivity contribution >= 4 is 23.4 Å². The zero-order chi connectivity index (χ0) is 15.6. The Labute approximate surface area is 127 Å². The summed E-state index contributed by atoms with van der Waals surface area (Å²) in [7, 11) is 1.88. The van der Waals surface area contributed by atoms with E-state index >= 15 is 0 Å². The van der Waals surface area contributed by atoms with Crippen molar-refractivity contribution in [2.75, 3.05) is 6.61 Å². The molecule has 0 aliphatic carbocycles. The first-order chi connectivity index (χ1) is 9.90. The Morgan fingerprint density at radius 1 is 1.33 bits per heavy atom. The number of aromatic nitrogens is 2. The molecule has 0 aromatic carbocycles. The van der Waals surface area contributed by atoms with E-state index in [4.69, 9.17) is 16.3 Å². The molecule has 21 heavy (non-hydrogen) atoms. The molecule has 0 amide bonds. The molecule has 110 valence electrons. The standard InChI is InChI=1S/C15H15ClN2O3/c1-9-6-12(10(2)18(9)3)13(19)8-21-15(20)11-4-5-14(16)17-7-11/h4-7H,8H2,1-3H3. The van der Waals surface area contributed by atoms with E-state index in [1.807, 2.05) is 25.5 Å². The zero-order valence-electron chi connectivity index (χ0n) is 12.0. The van der Waals surface area contributed by atoms with E-state index in [2.05, 4.69) is 4.98 Å². The minimum atomic E-state index is -0.599. The molecule has 2 aromatic rings. The van der Waals surface area contributed by atoms with Crippen LogP contribution in [0.25, 0.3) is 0 Å². The maximum absolute atomic E-state index is 12.1. The minimum Gasteiger partial charge on any atom is -0.454 e. The van der Waals surface area contributed by atoms with E-state index in [0.29, 0.717) is 5.56 Å². The first-order valence-corrected chi connectivity index (χ1v) is 6.72. The highest BCUT2D eigenvalue weighted by atomic mass is 35.5. The van der Waals surface area contributed by atoms with E-state index in [1.165, 1.54) is 18.3 Å². The number of nitrogens with zero attached hydrogens (tertiary/aromatic N) is 2. The SMILES string of the molecule is Cc1cc(C(=O)COC(=O)c2ccc(Cl)nc2)c(C)n1C. The van der Waals surface area contributed by atoms with E-state index in [9.17, 15) is 9.59 Å². The second kappa shape index (κ2) is 6.10. The largest absolute Gasteiger partial charge is 0.454 e. The number of halogens is 1. The molecule has 0 N–H and O–H groups in total. The smallest absolute Gasteiger partial charge is 0.340 e. The summed E-state index contributed by atoms with van der Waals surface area (Å²) in [5.74, 6) is -0.829. The Morgan fingerprint density at radius 2 is 2.05 bits per heavy atom. The maximum atomic E-state index is 12.1. The van der Waals surface area contributed by atoms with E-state index in [-0.39, 0.29) is 23.1 Å². The summed E-state index contributed by atoms with van der Waals surface area (Å²) in [6, 6.07) is 4.78. The summed E-state index contributed by atoms with van der Waals surface area (Å²) in [6.45, 7) is 3.46. The van der Waals surface area contributed by atoms with Crippen molar-refractivity contribution in [1.82, 2.24) is 9.55 Å². The lowest BCUT2D eigenvalue weighted by Gasteiger charge is -2.05. The number of ether oxygens (including phenoxy) is 1. The van der Waals surface area contributed by atoms with Crippen LogP contribution in [0.3, 0.4) is 0 Å². The average Bonchev–Trinajstić information content (AvgIpc) is 2.73. The number of pyridine rings is 1. The zero-order valence-corrected chi connectivity index (χ0v) is 12.8. The van der Waals surface area contributed by atoms with Crippen LogP contribution in [0.5, 0.6) is 0 Å². The van der Waals surface area contributed by atoms with Crippen molar-refractivity contribution in [3.63, 3.8) is 0 Å². The lowest BCUT2D eigenvalue weighted by Crippen LogP contribution is -2.15. The molecule has 6 heteroatoms. The number of ketones is 1. The van der Waals surface area contributed by atoms with Crippen molar-refractivity contribution in [3.05, 3.63) is 52.1 Å². The Kier molecular flexibility index (Phi) is 4.43. The molecule has 2 heterocycles. The number of carbonyl (C=O) groups is 2. The monoisotopic (exact) mass is 306 g/mol. The Balaban J connectivity index is 2.02. The molecule has 0 aliphatic heterocycles. The normalized spacial score (nSPS) is 10.5. The third-order valence-electron chi connectivity index (χ3n) is 3.37. The van der Waals surface area contributed by atoms with Gasteiger partial charge in [0.1, 0.15) is 5.15 Å². The highest BCUT2D eigenvalue weighted by Crippen LogP contribution is 2.14. The van der Waals surface area contributed by atoms with E-state index in [0.717, 1.165) is 11.4 Å². The predicted molar refractivity (Wildman–Crippen MR) is 78.7 cm³/mol. The number of hydrogen-bond donors (Lipinski definition) is 0. The second-order valence-corrected chi connectivity index (χ2v) is 5.10. The van der Waals surface area contributed by atoms with Gasteiger partial charge >= 0.3 is 5.97 Å². The Bertz CT molecular complexity index is 690. The number of aryl methyl sites for hydroxylation is 1. The Morgan fingerprint density at radius 3 is 2.57 bits per heavy atom. The van der Waals surface area contributed by atoms with Gasteiger partial charge in [-0.3, -0.25) is 4.79 Å². The maximum Gasteiger partial charge on any atom is 0.340 e. The van der Waals surface area contributed by atoms with Crippen LogP contribution in [-0.2, 0) is 11.8 Å². The number of Topliss-reactive ketones (excluding diaryl/α,β-unsaturated/α-hetero) is 1. The van der Waals surface area contributed by atoms with Gasteiger partial charge in [0, 0.05) is 30.2 Å². The van der Waals surface area contributed by atoms with Crippen LogP contribution in [0, 0.1) is 13.8 Å². The van der Waals surface area contributed by atoms with Crippen LogP contribution >= 0.6 is 11.6 Å². The van der Waals surface area contributed by atoms with Gasteiger partial charge in [0.05, 0.1) is 5.56 Å². The van der Waals surface area contributed by atoms with Crippen molar-refractivity contribution in [1.29, 1.82) is 0 Å². The molecular formula is C15H15ClN2O3. The number of esters is 1. The van der Waals surface area contributed by atoms with Crippen molar-refractivity contribution in [2.24, 2.45) is 7.05 Å². The van der Waals surface area contributed by atoms with Crippen LogP contribution < -0.4 is 0 Å². The first-order valence-electron chi connectivity index (χ1n) is 6.35. The van der Waals surface area contributed by atoms with Crippen LogP contribution in [0.2, 0.25) is 5.15 Å². The molecule has 0 fully saturated rings. The average molecular weight is 307 g/mol. The van der Waals surface area contributed by atoms with Crippen LogP contribution in [0.15, 0.2) is 24.4 Å². The molecule has 0 radical (unpaired) electrons. The molecule has 0 spiro atoms. The van der Waals surface area contributed by atoms with Crippen molar-refractivity contribution in [3.8, 4) is 0 Å². The third-order valence-corrected chi connectivity index (χ3v) is 3.60. The minimum absolute atomic E-state index is 0.230. The van der Waals surface area contributed by atoms with Crippen LogP contribution in [0.4, 0.5) is 0 Å². The fraction of sp³-hybridized carbons (Fsp3) is 0.267. The lowest BCUT2D eigenvalue weighted by molar-refractivity contribution is 0.0474. The predicted octanol–water partition coefficient (Wildman–Crippen LogP) is 2.73. The summed E-state index contributed by atoms with van der Waals surface area (Å²) in [5, 5.41) is 0.290. The van der Waals surface area contributed by atoms with E-state index < -0.39 is 5.97 Å². The van der Waals surface area contributed by atoms with Gasteiger partial charge in [-0.15, -0.1) is 0 Å². The molecule has 0 bridgehead atoms. The van der Waals surface area contributed by atoms with Crippen LogP contribution in [0.1, 0.15) is 32.1 Å². The fourth-order valence-corrected chi connectivity index (χ4v) is 2.04. The summed E-state index contributed by atoms with van der Waals surface area (Å²) < 4.78 is 6.92. The molecule has 0 saturated heterocycles. The quantitative estimate of drug-likeness (QED) is 0.495. The molecule has 2 rings (SSSR count). The third kappa shape index (κ3) is 3.31. The van der Waals surface area contributed by atoms with Gasteiger partial charge in [0.2, 0.25) is 5.78 Å². The molecule has 0 unspecified atom stereocenters. The molecular weight excluding hydrogens is 292 g/mol. The summed E-state index contributed by atoms with van der Waals surface area (Å²) in [5.41, 5.74) is 2.65. The molecule has 0 atom stereocenters. The van der Waals surface area contributed by atoms with Gasteiger partial charge in [-0.25, -0.2) is 9.78 Å². The van der Waals surface area contributed by atoms with Gasteiger partial charge in [0.15, 0.2) is 6.61 Å².